The van der Waals surface area contributed by atoms with Crippen LogP contribution in [0, 0.1) is 0 Å². The Kier molecular flexibility index (Phi) is 2.77. The van der Waals surface area contributed by atoms with Crippen LogP contribution in [0.1, 0.15) is 17.7 Å². The minimum atomic E-state index is -0.353. The maximum absolute atomic E-state index is 10.4. The molecule has 74 valence electrons. The number of isocyanates is 1. The third kappa shape index (κ3) is 1.64. The molecule has 1 aromatic heterocycles. The Balaban J connectivity index is 2.34. The van der Waals surface area contributed by atoms with Crippen molar-refractivity contribution in [3.63, 3.8) is 0 Å². The first-order chi connectivity index (χ1) is 6.87. The number of carbonyl (C=O) groups excluding carboxylic acids is 1. The van der Waals surface area contributed by atoms with Crippen molar-refractivity contribution >= 4 is 17.4 Å². The van der Waals surface area contributed by atoms with Crippen LogP contribution in [-0.4, -0.2) is 19.3 Å². The number of hydrogen-bond acceptors (Lipinski definition) is 4. The zero-order valence-corrected chi connectivity index (χ0v) is 8.55. The average Bonchev–Trinajstić information content (AvgIpc) is 2.73. The molecule has 14 heavy (non-hydrogen) atoms. The van der Waals surface area contributed by atoms with Gasteiger partial charge in [-0.05, 0) is 11.4 Å². The quantitative estimate of drug-likeness (QED) is 0.552. The van der Waals surface area contributed by atoms with Gasteiger partial charge in [0.1, 0.15) is 5.54 Å². The fourth-order valence-corrected chi connectivity index (χ4v) is 2.68. The molecule has 0 bridgehead atoms. The topological polar surface area (TPSA) is 38.7 Å². The predicted molar refractivity (Wildman–Crippen MR) is 54.2 cm³/mol. The highest BCUT2D eigenvalue weighted by molar-refractivity contribution is 7.10. The lowest BCUT2D eigenvalue weighted by atomic mass is 9.89. The first-order valence-corrected chi connectivity index (χ1v) is 5.46. The van der Waals surface area contributed by atoms with Crippen LogP contribution in [0.25, 0.3) is 0 Å². The number of ether oxygens (including phenoxy) is 1. The summed E-state index contributed by atoms with van der Waals surface area (Å²) in [5, 5.41) is 2.01. The third-order valence-corrected chi connectivity index (χ3v) is 3.62. The molecule has 1 fully saturated rings. The van der Waals surface area contributed by atoms with Gasteiger partial charge in [0.15, 0.2) is 0 Å². The molecular weight excluding hydrogens is 198 g/mol. The van der Waals surface area contributed by atoms with Gasteiger partial charge in [-0.2, -0.15) is 4.99 Å². The Bertz CT molecular complexity index is 335. The molecule has 1 aliphatic heterocycles. The van der Waals surface area contributed by atoms with Gasteiger partial charge in [-0.15, -0.1) is 11.3 Å². The van der Waals surface area contributed by atoms with Crippen molar-refractivity contribution in [2.24, 2.45) is 4.99 Å². The van der Waals surface area contributed by atoms with Crippen LogP contribution in [0.3, 0.4) is 0 Å². The van der Waals surface area contributed by atoms with Gasteiger partial charge >= 0.3 is 0 Å². The molecule has 0 atom stereocenters. The zero-order chi connectivity index (χ0) is 9.86. The summed E-state index contributed by atoms with van der Waals surface area (Å²) >= 11 is 1.64. The van der Waals surface area contributed by atoms with Gasteiger partial charge in [0.25, 0.3) is 0 Å². The van der Waals surface area contributed by atoms with Crippen LogP contribution < -0.4 is 0 Å². The van der Waals surface area contributed by atoms with Crippen molar-refractivity contribution in [2.75, 3.05) is 13.2 Å². The molecule has 2 rings (SSSR count). The van der Waals surface area contributed by atoms with Gasteiger partial charge < -0.3 is 4.74 Å². The van der Waals surface area contributed by atoms with E-state index in [1.807, 2.05) is 17.5 Å². The van der Waals surface area contributed by atoms with E-state index in [1.54, 1.807) is 17.4 Å². The second kappa shape index (κ2) is 4.05. The van der Waals surface area contributed by atoms with Gasteiger partial charge in [-0.3, -0.25) is 0 Å². The SMILES string of the molecule is O=C=NC1(c2cccs2)CCOCC1. The van der Waals surface area contributed by atoms with Crippen LogP contribution in [0.4, 0.5) is 0 Å². The molecule has 0 unspecified atom stereocenters. The standard InChI is InChI=1S/C10H11NO2S/c12-8-11-10(3-5-13-6-4-10)9-2-1-7-14-9/h1-2,7H,3-6H2. The third-order valence-electron chi connectivity index (χ3n) is 2.56. The number of hydrogen-bond donors (Lipinski definition) is 0. The van der Waals surface area contributed by atoms with Crippen LogP contribution in [0.15, 0.2) is 22.5 Å². The average molecular weight is 209 g/mol. The van der Waals surface area contributed by atoms with E-state index in [-0.39, 0.29) is 5.54 Å². The van der Waals surface area contributed by atoms with Gasteiger partial charge in [-0.25, -0.2) is 4.79 Å². The number of nitrogens with zero attached hydrogens (tertiary/aromatic N) is 1. The molecule has 4 heteroatoms. The Morgan fingerprint density at radius 1 is 1.50 bits per heavy atom. The maximum Gasteiger partial charge on any atom is 0.235 e. The smallest absolute Gasteiger partial charge is 0.235 e. The first kappa shape index (κ1) is 9.59. The van der Waals surface area contributed by atoms with Crippen molar-refractivity contribution in [3.8, 4) is 0 Å². The maximum atomic E-state index is 10.4. The zero-order valence-electron chi connectivity index (χ0n) is 7.73. The molecule has 0 spiro atoms. The molecule has 0 N–H and O–H groups in total. The Morgan fingerprint density at radius 2 is 2.29 bits per heavy atom. The fraction of sp³-hybridized carbons (Fsp3) is 0.500. The summed E-state index contributed by atoms with van der Waals surface area (Å²) < 4.78 is 5.28. The molecule has 1 saturated heterocycles. The van der Waals surface area contributed by atoms with E-state index >= 15 is 0 Å². The molecular formula is C10H11NO2S. The molecule has 0 aliphatic carbocycles. The number of aliphatic imine (C=N–C) groups is 1. The minimum absolute atomic E-state index is 0.353. The summed E-state index contributed by atoms with van der Waals surface area (Å²) in [5.41, 5.74) is -0.353. The van der Waals surface area contributed by atoms with Crippen LogP contribution in [0.5, 0.6) is 0 Å². The molecule has 1 aromatic rings. The summed E-state index contributed by atoms with van der Waals surface area (Å²) in [7, 11) is 0. The van der Waals surface area contributed by atoms with E-state index in [1.165, 1.54) is 0 Å². The highest BCUT2D eigenvalue weighted by Crippen LogP contribution is 2.38. The van der Waals surface area contributed by atoms with Crippen molar-refractivity contribution in [2.45, 2.75) is 18.4 Å². The highest BCUT2D eigenvalue weighted by Gasteiger charge is 2.35. The number of rotatable bonds is 2. The Hall–Kier alpha value is -0.960. The van der Waals surface area contributed by atoms with Crippen LogP contribution in [-0.2, 0) is 15.1 Å². The van der Waals surface area contributed by atoms with Crippen molar-refractivity contribution in [1.82, 2.24) is 0 Å². The molecule has 2 heterocycles. The molecule has 0 amide bonds. The van der Waals surface area contributed by atoms with Gasteiger partial charge in [0.05, 0.1) is 0 Å². The highest BCUT2D eigenvalue weighted by atomic mass is 32.1. The van der Waals surface area contributed by atoms with Gasteiger partial charge in [0, 0.05) is 30.9 Å². The summed E-state index contributed by atoms with van der Waals surface area (Å²) in [6.07, 6.45) is 3.25. The molecule has 0 aromatic carbocycles. The summed E-state index contributed by atoms with van der Waals surface area (Å²) in [6.45, 7) is 1.34. The van der Waals surface area contributed by atoms with E-state index in [0.29, 0.717) is 13.2 Å². The summed E-state index contributed by atoms with van der Waals surface area (Å²) in [6, 6.07) is 4.01. The van der Waals surface area contributed by atoms with Crippen LogP contribution in [0.2, 0.25) is 0 Å². The first-order valence-electron chi connectivity index (χ1n) is 4.58. The van der Waals surface area contributed by atoms with Crippen molar-refractivity contribution < 1.29 is 9.53 Å². The normalized spacial score (nSPS) is 20.0. The van der Waals surface area contributed by atoms with E-state index in [0.717, 1.165) is 17.7 Å². The van der Waals surface area contributed by atoms with Crippen LogP contribution >= 0.6 is 11.3 Å². The molecule has 3 nitrogen and oxygen atoms in total. The van der Waals surface area contributed by atoms with Crippen molar-refractivity contribution in [3.05, 3.63) is 22.4 Å². The summed E-state index contributed by atoms with van der Waals surface area (Å²) in [5.74, 6) is 0. The lowest BCUT2D eigenvalue weighted by molar-refractivity contribution is 0.0543. The minimum Gasteiger partial charge on any atom is -0.381 e. The Labute approximate surface area is 86.4 Å². The lowest BCUT2D eigenvalue weighted by Crippen LogP contribution is -2.30. The van der Waals surface area contributed by atoms with E-state index in [4.69, 9.17) is 4.74 Å². The fourth-order valence-electron chi connectivity index (χ4n) is 1.75. The number of thiophene rings is 1. The molecule has 0 radical (unpaired) electrons. The lowest BCUT2D eigenvalue weighted by Gasteiger charge is -2.30. The van der Waals surface area contributed by atoms with E-state index in [2.05, 4.69) is 4.99 Å². The monoisotopic (exact) mass is 209 g/mol. The van der Waals surface area contributed by atoms with E-state index < -0.39 is 0 Å². The largest absolute Gasteiger partial charge is 0.381 e. The Morgan fingerprint density at radius 3 is 2.86 bits per heavy atom. The van der Waals surface area contributed by atoms with Gasteiger partial charge in [0.2, 0.25) is 6.08 Å². The van der Waals surface area contributed by atoms with Gasteiger partial charge in [-0.1, -0.05) is 6.07 Å². The molecule has 0 saturated carbocycles. The van der Waals surface area contributed by atoms with E-state index in [9.17, 15) is 4.79 Å². The molecule has 1 aliphatic rings. The second-order valence-corrected chi connectivity index (χ2v) is 4.27. The second-order valence-electron chi connectivity index (χ2n) is 3.32. The summed E-state index contributed by atoms with van der Waals surface area (Å²) in [4.78, 5) is 15.6. The predicted octanol–water partition coefficient (Wildman–Crippen LogP) is 2.09. The van der Waals surface area contributed by atoms with Crippen molar-refractivity contribution in [1.29, 1.82) is 0 Å².